The number of likely N-dealkylation sites (tertiary alicyclic amines) is 1. The second-order valence-electron chi connectivity index (χ2n) is 6.40. The van der Waals surface area contributed by atoms with Crippen molar-refractivity contribution in [3.63, 3.8) is 0 Å². The zero-order valence-electron chi connectivity index (χ0n) is 14.4. The van der Waals surface area contributed by atoms with Crippen molar-refractivity contribution in [2.75, 3.05) is 13.7 Å². The molecule has 2 heterocycles. The number of carbonyl (C=O) groups is 1. The van der Waals surface area contributed by atoms with E-state index >= 15 is 0 Å². The van der Waals surface area contributed by atoms with E-state index in [0.717, 1.165) is 18.4 Å². The van der Waals surface area contributed by atoms with Crippen LogP contribution in [0.3, 0.4) is 0 Å². The molecule has 0 N–H and O–H groups in total. The molecule has 1 saturated heterocycles. The van der Waals surface area contributed by atoms with Gasteiger partial charge < -0.3 is 9.64 Å². The third-order valence-corrected chi connectivity index (χ3v) is 4.81. The normalized spacial score (nSPS) is 20.5. The number of nitrogens with zero attached hydrogens (tertiary/aromatic N) is 2. The molecule has 0 radical (unpaired) electrons. The van der Waals surface area contributed by atoms with Crippen LogP contribution in [0.15, 0.2) is 48.8 Å². The lowest BCUT2D eigenvalue weighted by molar-refractivity contribution is -0.139. The first-order valence-corrected chi connectivity index (χ1v) is 8.63. The van der Waals surface area contributed by atoms with Gasteiger partial charge in [-0.15, -0.1) is 0 Å². The number of carbonyl (C=O) groups excluding carboxylic acids is 1. The molecule has 132 valence electrons. The Morgan fingerprint density at radius 1 is 1.32 bits per heavy atom. The van der Waals surface area contributed by atoms with Crippen LogP contribution in [-0.4, -0.2) is 41.6 Å². The lowest BCUT2D eigenvalue weighted by Crippen LogP contribution is -2.53. The van der Waals surface area contributed by atoms with Gasteiger partial charge in [-0.05, 0) is 42.5 Å². The molecular formula is C20H23FN2O2. The number of benzene rings is 1. The van der Waals surface area contributed by atoms with Gasteiger partial charge >= 0.3 is 0 Å². The molecule has 0 saturated carbocycles. The number of aromatic nitrogens is 1. The Labute approximate surface area is 147 Å². The van der Waals surface area contributed by atoms with Crippen LogP contribution >= 0.6 is 0 Å². The first kappa shape index (κ1) is 17.5. The van der Waals surface area contributed by atoms with Crippen molar-refractivity contribution < 1.29 is 13.9 Å². The van der Waals surface area contributed by atoms with E-state index in [1.165, 1.54) is 6.07 Å². The molecule has 0 aliphatic carbocycles. The quantitative estimate of drug-likeness (QED) is 0.839. The summed E-state index contributed by atoms with van der Waals surface area (Å²) < 4.78 is 19.7. The monoisotopic (exact) mass is 342 g/mol. The SMILES string of the molecule is CO[C@H]1CCCN(C(=O)Cc2cccnc2)[C@H]1Cc1ccccc1F. The van der Waals surface area contributed by atoms with Gasteiger partial charge in [0, 0.05) is 26.0 Å². The van der Waals surface area contributed by atoms with Crippen LogP contribution in [0.25, 0.3) is 0 Å². The molecule has 1 aliphatic heterocycles. The van der Waals surface area contributed by atoms with E-state index in [0.29, 0.717) is 24.9 Å². The molecule has 5 heteroatoms. The Bertz CT molecular complexity index is 708. The molecule has 25 heavy (non-hydrogen) atoms. The predicted molar refractivity (Wildman–Crippen MR) is 93.6 cm³/mol. The van der Waals surface area contributed by atoms with Crippen molar-refractivity contribution in [2.24, 2.45) is 0 Å². The molecule has 0 unspecified atom stereocenters. The minimum Gasteiger partial charge on any atom is -0.379 e. The number of halogens is 1. The van der Waals surface area contributed by atoms with Crippen LogP contribution in [0.5, 0.6) is 0 Å². The molecule has 1 aliphatic rings. The molecule has 1 amide bonds. The van der Waals surface area contributed by atoms with Gasteiger partial charge in [0.2, 0.25) is 5.91 Å². The largest absolute Gasteiger partial charge is 0.379 e. The average molecular weight is 342 g/mol. The van der Waals surface area contributed by atoms with Gasteiger partial charge in [0.05, 0.1) is 18.6 Å². The molecule has 3 rings (SSSR count). The summed E-state index contributed by atoms with van der Waals surface area (Å²) in [7, 11) is 1.66. The van der Waals surface area contributed by atoms with E-state index < -0.39 is 0 Å². The summed E-state index contributed by atoms with van der Waals surface area (Å²) in [5.74, 6) is -0.196. The number of rotatable bonds is 5. The number of methoxy groups -OCH3 is 1. The smallest absolute Gasteiger partial charge is 0.227 e. The molecule has 1 aromatic carbocycles. The van der Waals surface area contributed by atoms with Crippen LogP contribution in [0, 0.1) is 5.82 Å². The summed E-state index contributed by atoms with van der Waals surface area (Å²) in [5, 5.41) is 0. The Hall–Kier alpha value is -2.27. The predicted octanol–water partition coefficient (Wildman–Crippen LogP) is 3.01. The van der Waals surface area contributed by atoms with Crippen LogP contribution in [0.2, 0.25) is 0 Å². The minimum atomic E-state index is -0.234. The fourth-order valence-corrected chi connectivity index (χ4v) is 3.52. The highest BCUT2D eigenvalue weighted by molar-refractivity contribution is 5.79. The third kappa shape index (κ3) is 4.23. The zero-order chi connectivity index (χ0) is 17.6. The van der Waals surface area contributed by atoms with Gasteiger partial charge in [-0.1, -0.05) is 24.3 Å². The minimum absolute atomic E-state index is 0.0380. The third-order valence-electron chi connectivity index (χ3n) is 4.81. The van der Waals surface area contributed by atoms with Gasteiger partial charge in [0.25, 0.3) is 0 Å². The molecule has 0 bridgehead atoms. The number of piperidine rings is 1. The van der Waals surface area contributed by atoms with E-state index in [1.807, 2.05) is 23.1 Å². The molecule has 1 aromatic heterocycles. The first-order chi connectivity index (χ1) is 12.2. The number of amides is 1. The molecule has 0 spiro atoms. The summed E-state index contributed by atoms with van der Waals surface area (Å²) in [4.78, 5) is 18.8. The summed E-state index contributed by atoms with van der Waals surface area (Å²) in [6.07, 6.45) is 5.86. The van der Waals surface area contributed by atoms with Crippen LogP contribution in [0.4, 0.5) is 4.39 Å². The maximum atomic E-state index is 14.1. The van der Waals surface area contributed by atoms with E-state index in [-0.39, 0.29) is 23.9 Å². The maximum absolute atomic E-state index is 14.1. The Balaban J connectivity index is 1.79. The highest BCUT2D eigenvalue weighted by Crippen LogP contribution is 2.25. The number of ether oxygens (including phenoxy) is 1. The van der Waals surface area contributed by atoms with Gasteiger partial charge in [0.1, 0.15) is 5.82 Å². The summed E-state index contributed by atoms with van der Waals surface area (Å²) >= 11 is 0. The Morgan fingerprint density at radius 3 is 2.88 bits per heavy atom. The summed E-state index contributed by atoms with van der Waals surface area (Å²) in [5.41, 5.74) is 1.51. The second-order valence-corrected chi connectivity index (χ2v) is 6.40. The lowest BCUT2D eigenvalue weighted by atomic mass is 9.92. The highest BCUT2D eigenvalue weighted by Gasteiger charge is 2.34. The Kier molecular flexibility index (Phi) is 5.76. The average Bonchev–Trinajstić information content (AvgIpc) is 2.64. The van der Waals surface area contributed by atoms with Crippen molar-refractivity contribution in [3.05, 3.63) is 65.7 Å². The van der Waals surface area contributed by atoms with Crippen molar-refractivity contribution in [1.82, 2.24) is 9.88 Å². The van der Waals surface area contributed by atoms with Gasteiger partial charge in [-0.3, -0.25) is 9.78 Å². The van der Waals surface area contributed by atoms with E-state index in [2.05, 4.69) is 4.98 Å². The van der Waals surface area contributed by atoms with Crippen LogP contribution in [-0.2, 0) is 22.4 Å². The van der Waals surface area contributed by atoms with E-state index in [4.69, 9.17) is 4.74 Å². The van der Waals surface area contributed by atoms with Gasteiger partial charge in [-0.2, -0.15) is 0 Å². The zero-order valence-corrected chi connectivity index (χ0v) is 14.4. The first-order valence-electron chi connectivity index (χ1n) is 8.63. The number of pyridine rings is 1. The molecule has 4 nitrogen and oxygen atoms in total. The van der Waals surface area contributed by atoms with Crippen molar-refractivity contribution in [3.8, 4) is 0 Å². The highest BCUT2D eigenvalue weighted by atomic mass is 19.1. The Morgan fingerprint density at radius 2 is 2.16 bits per heavy atom. The fraction of sp³-hybridized carbons (Fsp3) is 0.400. The fourth-order valence-electron chi connectivity index (χ4n) is 3.52. The number of hydrogen-bond donors (Lipinski definition) is 0. The van der Waals surface area contributed by atoms with Gasteiger partial charge in [-0.25, -0.2) is 4.39 Å². The van der Waals surface area contributed by atoms with Crippen molar-refractivity contribution in [2.45, 2.75) is 37.8 Å². The van der Waals surface area contributed by atoms with E-state index in [9.17, 15) is 9.18 Å². The maximum Gasteiger partial charge on any atom is 0.227 e. The summed E-state index contributed by atoms with van der Waals surface area (Å²) in [6, 6.07) is 10.3. The van der Waals surface area contributed by atoms with Crippen molar-refractivity contribution >= 4 is 5.91 Å². The standard InChI is InChI=1S/C20H23FN2O2/c1-25-19-9-5-11-23(20(24)12-15-6-4-10-22-14-15)18(19)13-16-7-2-3-8-17(16)21/h2-4,6-8,10,14,18-19H,5,9,11-13H2,1H3/t18-,19-/m0/s1. The molecular weight excluding hydrogens is 319 g/mol. The molecule has 1 fully saturated rings. The number of hydrogen-bond acceptors (Lipinski definition) is 3. The van der Waals surface area contributed by atoms with Crippen LogP contribution in [0.1, 0.15) is 24.0 Å². The lowest BCUT2D eigenvalue weighted by Gasteiger charge is -2.41. The molecule has 2 atom stereocenters. The van der Waals surface area contributed by atoms with E-state index in [1.54, 1.807) is 31.6 Å². The van der Waals surface area contributed by atoms with Crippen molar-refractivity contribution in [1.29, 1.82) is 0 Å². The second kappa shape index (κ2) is 8.21. The summed E-state index contributed by atoms with van der Waals surface area (Å²) in [6.45, 7) is 0.679. The van der Waals surface area contributed by atoms with Crippen LogP contribution < -0.4 is 0 Å². The molecule has 2 aromatic rings. The topological polar surface area (TPSA) is 42.4 Å². The van der Waals surface area contributed by atoms with Gasteiger partial charge in [0.15, 0.2) is 0 Å².